The summed E-state index contributed by atoms with van der Waals surface area (Å²) in [5.74, 6) is 0. The fourth-order valence-electron chi connectivity index (χ4n) is 2.12. The smallest absolute Gasteiger partial charge is 0.322 e. The van der Waals surface area contributed by atoms with E-state index in [9.17, 15) is 4.79 Å². The fourth-order valence-corrected chi connectivity index (χ4v) is 2.39. The quantitative estimate of drug-likeness (QED) is 0.848. The molecule has 98 valence electrons. The van der Waals surface area contributed by atoms with Crippen molar-refractivity contribution in [2.45, 2.75) is 13.0 Å². The predicted molar refractivity (Wildman–Crippen MR) is 75.9 cm³/mol. The molecular formula is C13H13BrN4O. The minimum Gasteiger partial charge on any atom is -0.347 e. The molecule has 0 atom stereocenters. The van der Waals surface area contributed by atoms with Gasteiger partial charge in [-0.3, -0.25) is 0 Å². The topological polar surface area (TPSA) is 61.0 Å². The lowest BCUT2D eigenvalue weighted by Crippen LogP contribution is -2.38. The normalized spacial score (nSPS) is 14.1. The summed E-state index contributed by atoms with van der Waals surface area (Å²) in [5.41, 5.74) is 2.88. The second-order valence-electron chi connectivity index (χ2n) is 4.44. The standard InChI is InChI=1S/C13H13BrN4O/c14-9-1-3-10(4-2-9)17-13(19)18-6-5-11-12(7-18)16-8-15-11/h1-4,8H,5-7H2,(H,15,16)(H,17,19). The van der Waals surface area contributed by atoms with Crippen LogP contribution in [-0.4, -0.2) is 27.4 Å². The van der Waals surface area contributed by atoms with E-state index in [1.165, 1.54) is 0 Å². The number of benzene rings is 1. The molecule has 0 unspecified atom stereocenters. The van der Waals surface area contributed by atoms with Gasteiger partial charge in [-0.15, -0.1) is 0 Å². The summed E-state index contributed by atoms with van der Waals surface area (Å²) in [7, 11) is 0. The van der Waals surface area contributed by atoms with Crippen molar-refractivity contribution in [3.05, 3.63) is 46.5 Å². The van der Waals surface area contributed by atoms with Gasteiger partial charge in [0.25, 0.3) is 0 Å². The van der Waals surface area contributed by atoms with E-state index in [0.29, 0.717) is 13.1 Å². The average molecular weight is 321 g/mol. The van der Waals surface area contributed by atoms with Gasteiger partial charge < -0.3 is 15.2 Å². The van der Waals surface area contributed by atoms with E-state index in [1.807, 2.05) is 24.3 Å². The molecule has 0 bridgehead atoms. The van der Waals surface area contributed by atoms with Gasteiger partial charge in [-0.25, -0.2) is 9.78 Å². The SMILES string of the molecule is O=C(Nc1ccc(Br)cc1)N1CCc2nc[nH]c2C1. The van der Waals surface area contributed by atoms with E-state index in [2.05, 4.69) is 31.2 Å². The number of H-pyrrole nitrogens is 1. The van der Waals surface area contributed by atoms with Crippen LogP contribution in [0.3, 0.4) is 0 Å². The highest BCUT2D eigenvalue weighted by Gasteiger charge is 2.22. The Labute approximate surface area is 119 Å². The minimum atomic E-state index is -0.0810. The van der Waals surface area contributed by atoms with Gasteiger partial charge in [-0.05, 0) is 24.3 Å². The number of nitrogens with zero attached hydrogens (tertiary/aromatic N) is 2. The third kappa shape index (κ3) is 2.63. The lowest BCUT2D eigenvalue weighted by atomic mass is 10.1. The molecule has 2 aromatic rings. The zero-order valence-electron chi connectivity index (χ0n) is 10.2. The minimum absolute atomic E-state index is 0.0810. The lowest BCUT2D eigenvalue weighted by molar-refractivity contribution is 0.205. The van der Waals surface area contributed by atoms with Crippen molar-refractivity contribution >= 4 is 27.6 Å². The van der Waals surface area contributed by atoms with Crippen LogP contribution in [0.4, 0.5) is 10.5 Å². The van der Waals surface area contributed by atoms with Gasteiger partial charge in [-0.2, -0.15) is 0 Å². The molecular weight excluding hydrogens is 308 g/mol. The molecule has 0 radical (unpaired) electrons. The van der Waals surface area contributed by atoms with Crippen molar-refractivity contribution in [2.24, 2.45) is 0 Å². The van der Waals surface area contributed by atoms with Crippen LogP contribution < -0.4 is 5.32 Å². The molecule has 0 spiro atoms. The first-order valence-electron chi connectivity index (χ1n) is 6.05. The number of rotatable bonds is 1. The summed E-state index contributed by atoms with van der Waals surface area (Å²) in [5, 5.41) is 2.89. The fraction of sp³-hybridized carbons (Fsp3) is 0.231. The predicted octanol–water partition coefficient (Wildman–Crippen LogP) is 2.76. The van der Waals surface area contributed by atoms with Crippen LogP contribution in [-0.2, 0) is 13.0 Å². The van der Waals surface area contributed by atoms with Crippen molar-refractivity contribution < 1.29 is 4.79 Å². The molecule has 5 nitrogen and oxygen atoms in total. The maximum atomic E-state index is 12.2. The molecule has 3 rings (SSSR count). The second kappa shape index (κ2) is 5.05. The Bertz CT molecular complexity index is 593. The molecule has 2 amide bonds. The van der Waals surface area contributed by atoms with E-state index in [-0.39, 0.29) is 6.03 Å². The van der Waals surface area contributed by atoms with Crippen LogP contribution in [0.2, 0.25) is 0 Å². The van der Waals surface area contributed by atoms with Gasteiger partial charge >= 0.3 is 6.03 Å². The number of carbonyl (C=O) groups is 1. The highest BCUT2D eigenvalue weighted by Crippen LogP contribution is 2.18. The van der Waals surface area contributed by atoms with Gasteiger partial charge in [0, 0.05) is 23.1 Å². The number of aromatic amines is 1. The zero-order chi connectivity index (χ0) is 13.2. The van der Waals surface area contributed by atoms with Crippen LogP contribution in [0.25, 0.3) is 0 Å². The van der Waals surface area contributed by atoms with Crippen LogP contribution in [0, 0.1) is 0 Å². The van der Waals surface area contributed by atoms with Gasteiger partial charge in [0.1, 0.15) is 0 Å². The summed E-state index contributed by atoms with van der Waals surface area (Å²) < 4.78 is 0.991. The molecule has 2 heterocycles. The molecule has 1 aromatic heterocycles. The first-order valence-corrected chi connectivity index (χ1v) is 6.84. The number of amides is 2. The van der Waals surface area contributed by atoms with E-state index in [1.54, 1.807) is 11.2 Å². The number of nitrogens with one attached hydrogen (secondary N) is 2. The molecule has 0 saturated carbocycles. The third-order valence-electron chi connectivity index (χ3n) is 3.16. The Hall–Kier alpha value is -1.82. The van der Waals surface area contributed by atoms with Crippen LogP contribution in [0.1, 0.15) is 11.4 Å². The van der Waals surface area contributed by atoms with Crippen molar-refractivity contribution in [1.82, 2.24) is 14.9 Å². The number of imidazole rings is 1. The Morgan fingerprint density at radius 3 is 2.95 bits per heavy atom. The molecule has 0 saturated heterocycles. The molecule has 1 aromatic carbocycles. The monoisotopic (exact) mass is 320 g/mol. The maximum absolute atomic E-state index is 12.2. The first-order chi connectivity index (χ1) is 9.22. The number of anilines is 1. The Balaban J connectivity index is 1.67. The number of halogens is 1. The van der Waals surface area contributed by atoms with Crippen molar-refractivity contribution in [1.29, 1.82) is 0 Å². The number of aromatic nitrogens is 2. The van der Waals surface area contributed by atoms with Gasteiger partial charge in [-0.1, -0.05) is 15.9 Å². The van der Waals surface area contributed by atoms with Crippen LogP contribution >= 0.6 is 15.9 Å². The summed E-state index contributed by atoms with van der Waals surface area (Å²) >= 11 is 3.37. The summed E-state index contributed by atoms with van der Waals surface area (Å²) in [6.45, 7) is 1.28. The number of urea groups is 1. The van der Waals surface area contributed by atoms with E-state index >= 15 is 0 Å². The van der Waals surface area contributed by atoms with E-state index in [0.717, 1.165) is 28.0 Å². The van der Waals surface area contributed by atoms with Crippen LogP contribution in [0.5, 0.6) is 0 Å². The number of hydrogen-bond donors (Lipinski definition) is 2. The summed E-state index contributed by atoms with van der Waals surface area (Å²) in [6.07, 6.45) is 2.48. The Morgan fingerprint density at radius 1 is 1.37 bits per heavy atom. The number of hydrogen-bond acceptors (Lipinski definition) is 2. The number of carbonyl (C=O) groups excluding carboxylic acids is 1. The van der Waals surface area contributed by atoms with E-state index < -0.39 is 0 Å². The zero-order valence-corrected chi connectivity index (χ0v) is 11.8. The highest BCUT2D eigenvalue weighted by atomic mass is 79.9. The molecule has 0 fully saturated rings. The summed E-state index contributed by atoms with van der Waals surface area (Å²) in [4.78, 5) is 21.2. The van der Waals surface area contributed by atoms with Crippen LogP contribution in [0.15, 0.2) is 35.1 Å². The van der Waals surface area contributed by atoms with Gasteiger partial charge in [0.05, 0.1) is 24.3 Å². The molecule has 19 heavy (non-hydrogen) atoms. The Morgan fingerprint density at radius 2 is 2.16 bits per heavy atom. The average Bonchev–Trinajstić information content (AvgIpc) is 2.88. The molecule has 1 aliphatic heterocycles. The van der Waals surface area contributed by atoms with Gasteiger partial charge in [0.2, 0.25) is 0 Å². The lowest BCUT2D eigenvalue weighted by Gasteiger charge is -2.26. The molecule has 2 N–H and O–H groups in total. The highest BCUT2D eigenvalue weighted by molar-refractivity contribution is 9.10. The Kier molecular flexibility index (Phi) is 3.25. The number of fused-ring (bicyclic) bond motifs is 1. The second-order valence-corrected chi connectivity index (χ2v) is 5.35. The van der Waals surface area contributed by atoms with Crippen molar-refractivity contribution in [2.75, 3.05) is 11.9 Å². The van der Waals surface area contributed by atoms with E-state index in [4.69, 9.17) is 0 Å². The molecule has 0 aliphatic carbocycles. The third-order valence-corrected chi connectivity index (χ3v) is 3.69. The summed E-state index contributed by atoms with van der Waals surface area (Å²) in [6, 6.07) is 7.46. The maximum Gasteiger partial charge on any atom is 0.322 e. The molecule has 6 heteroatoms. The van der Waals surface area contributed by atoms with Crippen molar-refractivity contribution in [3.63, 3.8) is 0 Å². The van der Waals surface area contributed by atoms with Gasteiger partial charge in [0.15, 0.2) is 0 Å². The largest absolute Gasteiger partial charge is 0.347 e. The van der Waals surface area contributed by atoms with Crippen molar-refractivity contribution in [3.8, 4) is 0 Å². The molecule has 1 aliphatic rings. The first kappa shape index (κ1) is 12.2.